The van der Waals surface area contributed by atoms with Gasteiger partial charge < -0.3 is 14.6 Å². The van der Waals surface area contributed by atoms with E-state index in [0.717, 1.165) is 0 Å². The molecule has 0 saturated carbocycles. The molecule has 0 saturated heterocycles. The van der Waals surface area contributed by atoms with Crippen LogP contribution in [0.4, 0.5) is 0 Å². The highest BCUT2D eigenvalue weighted by atomic mass is 16.5. The van der Waals surface area contributed by atoms with Gasteiger partial charge in [0.1, 0.15) is 5.60 Å². The standard InChI is InChI=1S/C7H14O3/c1-3-10-5-4-7(2,9)6-8/h6,9H,3-5H2,1-2H3/t7-/m0/s1. The largest absolute Gasteiger partial charge is 0.383 e. The van der Waals surface area contributed by atoms with Gasteiger partial charge in [0.25, 0.3) is 0 Å². The second-order valence-electron chi connectivity index (χ2n) is 2.42. The van der Waals surface area contributed by atoms with E-state index in [-0.39, 0.29) is 0 Å². The zero-order valence-electron chi connectivity index (χ0n) is 6.46. The fraction of sp³-hybridized carbons (Fsp3) is 0.857. The van der Waals surface area contributed by atoms with E-state index in [4.69, 9.17) is 9.84 Å². The fourth-order valence-corrected chi connectivity index (χ4v) is 0.482. The van der Waals surface area contributed by atoms with Crippen molar-refractivity contribution in [2.75, 3.05) is 13.2 Å². The molecule has 1 N–H and O–H groups in total. The number of aliphatic hydroxyl groups is 1. The molecule has 60 valence electrons. The zero-order chi connectivity index (χ0) is 8.04. The van der Waals surface area contributed by atoms with Crippen molar-refractivity contribution in [3.8, 4) is 0 Å². The van der Waals surface area contributed by atoms with Gasteiger partial charge in [-0.25, -0.2) is 0 Å². The number of carbonyl (C=O) groups is 1. The van der Waals surface area contributed by atoms with Crippen LogP contribution >= 0.6 is 0 Å². The molecule has 0 spiro atoms. The van der Waals surface area contributed by atoms with E-state index in [1.165, 1.54) is 6.92 Å². The minimum atomic E-state index is -1.21. The molecule has 0 amide bonds. The van der Waals surface area contributed by atoms with Gasteiger partial charge in [0.2, 0.25) is 0 Å². The summed E-state index contributed by atoms with van der Waals surface area (Å²) < 4.78 is 4.95. The van der Waals surface area contributed by atoms with Crippen LogP contribution in [0, 0.1) is 0 Å². The van der Waals surface area contributed by atoms with Gasteiger partial charge in [0, 0.05) is 19.6 Å². The van der Waals surface area contributed by atoms with Crippen LogP contribution in [0.1, 0.15) is 20.3 Å². The molecule has 0 heterocycles. The first kappa shape index (κ1) is 9.59. The number of carbonyl (C=O) groups excluding carboxylic acids is 1. The lowest BCUT2D eigenvalue weighted by molar-refractivity contribution is -0.124. The summed E-state index contributed by atoms with van der Waals surface area (Å²) in [5.74, 6) is 0. The fourth-order valence-electron chi connectivity index (χ4n) is 0.482. The summed E-state index contributed by atoms with van der Waals surface area (Å²) in [5, 5.41) is 9.10. The molecule has 0 unspecified atom stereocenters. The van der Waals surface area contributed by atoms with Crippen molar-refractivity contribution in [1.82, 2.24) is 0 Å². The van der Waals surface area contributed by atoms with Gasteiger partial charge >= 0.3 is 0 Å². The summed E-state index contributed by atoms with van der Waals surface area (Å²) in [6.07, 6.45) is 0.899. The van der Waals surface area contributed by atoms with Crippen molar-refractivity contribution < 1.29 is 14.6 Å². The van der Waals surface area contributed by atoms with Crippen LogP contribution in [0.15, 0.2) is 0 Å². The molecule has 0 aromatic rings. The Morgan fingerprint density at radius 1 is 1.70 bits per heavy atom. The molecule has 0 rings (SSSR count). The topological polar surface area (TPSA) is 46.5 Å². The van der Waals surface area contributed by atoms with E-state index in [0.29, 0.717) is 25.9 Å². The summed E-state index contributed by atoms with van der Waals surface area (Å²) in [6, 6.07) is 0. The predicted octanol–water partition coefficient (Wildman–Crippen LogP) is 0.363. The summed E-state index contributed by atoms with van der Waals surface area (Å²) in [7, 11) is 0. The Bertz CT molecular complexity index is 99.0. The third-order valence-corrected chi connectivity index (χ3v) is 1.21. The molecule has 0 aliphatic carbocycles. The molecule has 1 atom stereocenters. The highest BCUT2D eigenvalue weighted by molar-refractivity contribution is 5.60. The number of hydrogen-bond donors (Lipinski definition) is 1. The van der Waals surface area contributed by atoms with Crippen LogP contribution in [-0.4, -0.2) is 30.2 Å². The quantitative estimate of drug-likeness (QED) is 0.450. The molecule has 0 aromatic heterocycles. The molecular formula is C7H14O3. The normalized spacial score (nSPS) is 16.3. The lowest BCUT2D eigenvalue weighted by Crippen LogP contribution is -2.27. The first-order valence-corrected chi connectivity index (χ1v) is 3.39. The Morgan fingerprint density at radius 2 is 2.30 bits per heavy atom. The Balaban J connectivity index is 3.37. The van der Waals surface area contributed by atoms with Crippen molar-refractivity contribution in [3.05, 3.63) is 0 Å². The number of hydrogen-bond acceptors (Lipinski definition) is 3. The number of rotatable bonds is 5. The van der Waals surface area contributed by atoms with Crippen molar-refractivity contribution in [2.24, 2.45) is 0 Å². The van der Waals surface area contributed by atoms with E-state index in [1.54, 1.807) is 0 Å². The monoisotopic (exact) mass is 146 g/mol. The minimum Gasteiger partial charge on any atom is -0.383 e. The average molecular weight is 146 g/mol. The summed E-state index contributed by atoms with van der Waals surface area (Å²) in [5.41, 5.74) is -1.21. The Kier molecular flexibility index (Phi) is 4.23. The summed E-state index contributed by atoms with van der Waals surface area (Å²) in [6.45, 7) is 4.39. The predicted molar refractivity (Wildman–Crippen MR) is 37.8 cm³/mol. The smallest absolute Gasteiger partial charge is 0.151 e. The van der Waals surface area contributed by atoms with Gasteiger partial charge in [0.05, 0.1) is 0 Å². The Labute approximate surface area is 61.0 Å². The van der Waals surface area contributed by atoms with Crippen molar-refractivity contribution >= 4 is 6.29 Å². The second kappa shape index (κ2) is 4.41. The van der Waals surface area contributed by atoms with Crippen LogP contribution in [0.5, 0.6) is 0 Å². The molecule has 0 radical (unpaired) electrons. The van der Waals surface area contributed by atoms with Crippen molar-refractivity contribution in [1.29, 1.82) is 0 Å². The maximum absolute atomic E-state index is 10.1. The average Bonchev–Trinajstić information content (AvgIpc) is 1.89. The number of ether oxygens (including phenoxy) is 1. The zero-order valence-corrected chi connectivity index (χ0v) is 6.46. The number of aldehydes is 1. The lowest BCUT2D eigenvalue weighted by atomic mass is 10.1. The Hall–Kier alpha value is -0.410. The van der Waals surface area contributed by atoms with Gasteiger partial charge in [0.15, 0.2) is 6.29 Å². The third-order valence-electron chi connectivity index (χ3n) is 1.21. The molecule has 3 heteroatoms. The molecule has 0 aromatic carbocycles. The van der Waals surface area contributed by atoms with Crippen molar-refractivity contribution in [2.45, 2.75) is 25.9 Å². The summed E-state index contributed by atoms with van der Waals surface area (Å²) >= 11 is 0. The van der Waals surface area contributed by atoms with Gasteiger partial charge in [-0.2, -0.15) is 0 Å². The second-order valence-corrected chi connectivity index (χ2v) is 2.42. The molecular weight excluding hydrogens is 132 g/mol. The molecule has 0 aliphatic heterocycles. The molecule has 0 fully saturated rings. The van der Waals surface area contributed by atoms with E-state index < -0.39 is 5.60 Å². The molecule has 0 aliphatic rings. The first-order valence-electron chi connectivity index (χ1n) is 3.39. The van der Waals surface area contributed by atoms with Gasteiger partial charge in [-0.15, -0.1) is 0 Å². The summed E-state index contributed by atoms with van der Waals surface area (Å²) in [4.78, 5) is 10.1. The van der Waals surface area contributed by atoms with E-state index in [2.05, 4.69) is 0 Å². The Morgan fingerprint density at radius 3 is 2.70 bits per heavy atom. The minimum absolute atomic E-state index is 0.365. The SMILES string of the molecule is CCOCC[C@](C)(O)C=O. The van der Waals surface area contributed by atoms with Crippen LogP contribution < -0.4 is 0 Å². The van der Waals surface area contributed by atoms with Crippen LogP contribution in [0.2, 0.25) is 0 Å². The molecule has 0 bridgehead atoms. The highest BCUT2D eigenvalue weighted by Gasteiger charge is 2.17. The van der Waals surface area contributed by atoms with E-state index >= 15 is 0 Å². The van der Waals surface area contributed by atoms with Gasteiger partial charge in [-0.1, -0.05) is 0 Å². The van der Waals surface area contributed by atoms with Crippen LogP contribution in [-0.2, 0) is 9.53 Å². The van der Waals surface area contributed by atoms with E-state index in [1.807, 2.05) is 6.92 Å². The van der Waals surface area contributed by atoms with E-state index in [9.17, 15) is 4.79 Å². The highest BCUT2D eigenvalue weighted by Crippen LogP contribution is 2.04. The molecule has 10 heavy (non-hydrogen) atoms. The van der Waals surface area contributed by atoms with Crippen LogP contribution in [0.25, 0.3) is 0 Å². The maximum atomic E-state index is 10.1. The van der Waals surface area contributed by atoms with Crippen molar-refractivity contribution in [3.63, 3.8) is 0 Å². The van der Waals surface area contributed by atoms with Crippen LogP contribution in [0.3, 0.4) is 0 Å². The maximum Gasteiger partial charge on any atom is 0.151 e. The lowest BCUT2D eigenvalue weighted by Gasteiger charge is -2.14. The van der Waals surface area contributed by atoms with Gasteiger partial charge in [-0.3, -0.25) is 0 Å². The third kappa shape index (κ3) is 4.47. The van der Waals surface area contributed by atoms with Gasteiger partial charge in [-0.05, 0) is 13.8 Å². The first-order chi connectivity index (χ1) is 4.62. The molecule has 3 nitrogen and oxygen atoms in total.